The van der Waals surface area contributed by atoms with E-state index in [9.17, 15) is 9.59 Å². The molecule has 1 heterocycles. The Hall–Kier alpha value is -1.82. The Morgan fingerprint density at radius 2 is 1.95 bits per heavy atom. The van der Waals surface area contributed by atoms with Crippen molar-refractivity contribution in [1.29, 1.82) is 0 Å². The van der Waals surface area contributed by atoms with Crippen LogP contribution in [0, 0.1) is 6.92 Å². The first-order valence-corrected chi connectivity index (χ1v) is 6.27. The molecule has 6 nitrogen and oxygen atoms in total. The molecule has 0 radical (unpaired) electrons. The van der Waals surface area contributed by atoms with Crippen LogP contribution in [-0.2, 0) is 9.47 Å². The fourth-order valence-electron chi connectivity index (χ4n) is 1.43. The molecular formula is C13H17ClN2O4. The number of amides is 1. The van der Waals surface area contributed by atoms with Gasteiger partial charge in [-0.15, -0.1) is 0 Å². The van der Waals surface area contributed by atoms with Crippen LogP contribution >= 0.6 is 11.6 Å². The summed E-state index contributed by atoms with van der Waals surface area (Å²) in [5.74, 6) is -0.622. The summed E-state index contributed by atoms with van der Waals surface area (Å²) in [4.78, 5) is 27.4. The lowest BCUT2D eigenvalue weighted by Gasteiger charge is -2.20. The second kappa shape index (κ2) is 6.09. The van der Waals surface area contributed by atoms with Gasteiger partial charge in [-0.3, -0.25) is 5.32 Å². The zero-order chi connectivity index (χ0) is 15.5. The van der Waals surface area contributed by atoms with Gasteiger partial charge >= 0.3 is 12.1 Å². The highest BCUT2D eigenvalue weighted by Crippen LogP contribution is 2.26. The molecule has 7 heteroatoms. The van der Waals surface area contributed by atoms with Crippen molar-refractivity contribution in [2.75, 3.05) is 12.4 Å². The van der Waals surface area contributed by atoms with E-state index in [4.69, 9.17) is 16.3 Å². The first-order valence-electron chi connectivity index (χ1n) is 5.89. The van der Waals surface area contributed by atoms with Gasteiger partial charge in [0.25, 0.3) is 0 Å². The number of hydrogen-bond acceptors (Lipinski definition) is 5. The summed E-state index contributed by atoms with van der Waals surface area (Å²) in [5, 5.41) is 2.42. The van der Waals surface area contributed by atoms with Crippen molar-refractivity contribution in [1.82, 2.24) is 4.98 Å². The maximum atomic E-state index is 11.8. The Labute approximate surface area is 122 Å². The smallest absolute Gasteiger partial charge is 0.412 e. The number of carbonyl (C=O) groups is 2. The third kappa shape index (κ3) is 4.38. The maximum Gasteiger partial charge on any atom is 0.412 e. The average molecular weight is 301 g/mol. The molecule has 1 aromatic heterocycles. The van der Waals surface area contributed by atoms with Crippen molar-refractivity contribution >= 4 is 29.4 Å². The molecule has 1 rings (SSSR count). The topological polar surface area (TPSA) is 77.5 Å². The molecule has 1 amide bonds. The van der Waals surface area contributed by atoms with E-state index in [-0.39, 0.29) is 16.4 Å². The molecule has 0 aliphatic carbocycles. The molecule has 0 saturated heterocycles. The van der Waals surface area contributed by atoms with E-state index >= 15 is 0 Å². The number of methoxy groups -OCH3 is 1. The van der Waals surface area contributed by atoms with Crippen molar-refractivity contribution < 1.29 is 19.1 Å². The van der Waals surface area contributed by atoms with Gasteiger partial charge in [0.2, 0.25) is 0 Å². The minimum Gasteiger partial charge on any atom is -0.465 e. The number of carbonyl (C=O) groups excluding carboxylic acids is 2. The Kier molecular flexibility index (Phi) is 4.94. The standard InChI is InChI=1S/C13H17ClN2O4/c1-7-6-8(11(17)19-5)9(10(14)15-7)16-12(18)20-13(2,3)4/h6H,1-5H3,(H,16,18). The molecule has 0 aliphatic rings. The summed E-state index contributed by atoms with van der Waals surface area (Å²) < 4.78 is 9.76. The van der Waals surface area contributed by atoms with Gasteiger partial charge in [0, 0.05) is 5.69 Å². The summed E-state index contributed by atoms with van der Waals surface area (Å²) in [5.41, 5.74) is 0.0551. The van der Waals surface area contributed by atoms with Crippen molar-refractivity contribution in [2.24, 2.45) is 0 Å². The largest absolute Gasteiger partial charge is 0.465 e. The second-order valence-corrected chi connectivity index (χ2v) is 5.45. The zero-order valence-corrected chi connectivity index (χ0v) is 12.8. The van der Waals surface area contributed by atoms with Crippen LogP contribution in [0.1, 0.15) is 36.8 Å². The number of hydrogen-bond donors (Lipinski definition) is 1. The number of halogens is 1. The summed E-state index contributed by atoms with van der Waals surface area (Å²) in [6.45, 7) is 6.85. The molecule has 0 spiro atoms. The Morgan fingerprint density at radius 3 is 2.45 bits per heavy atom. The average Bonchev–Trinajstić information content (AvgIpc) is 2.29. The summed E-state index contributed by atoms with van der Waals surface area (Å²) in [6, 6.07) is 1.48. The van der Waals surface area contributed by atoms with Crippen molar-refractivity contribution in [3.05, 3.63) is 22.5 Å². The predicted octanol–water partition coefficient (Wildman–Crippen LogP) is 3.18. The first-order chi connectivity index (χ1) is 9.14. The Balaban J connectivity index is 3.11. The third-order valence-electron chi connectivity index (χ3n) is 2.13. The maximum absolute atomic E-state index is 11.8. The van der Waals surface area contributed by atoms with E-state index in [0.29, 0.717) is 5.69 Å². The normalized spacial score (nSPS) is 10.9. The number of aromatic nitrogens is 1. The summed E-state index contributed by atoms with van der Waals surface area (Å²) in [6.07, 6.45) is -0.727. The Morgan fingerprint density at radius 1 is 1.35 bits per heavy atom. The van der Waals surface area contributed by atoms with Gasteiger partial charge in [-0.1, -0.05) is 11.6 Å². The SMILES string of the molecule is COC(=O)c1cc(C)nc(Cl)c1NC(=O)OC(C)(C)C. The number of rotatable bonds is 2. The lowest BCUT2D eigenvalue weighted by molar-refractivity contribution is 0.0601. The van der Waals surface area contributed by atoms with Crippen molar-refractivity contribution in [2.45, 2.75) is 33.3 Å². The number of anilines is 1. The quantitative estimate of drug-likeness (QED) is 0.670. The van der Waals surface area contributed by atoms with Crippen molar-refractivity contribution in [3.8, 4) is 0 Å². The lowest BCUT2D eigenvalue weighted by atomic mass is 10.2. The molecule has 0 saturated carbocycles. The second-order valence-electron chi connectivity index (χ2n) is 5.10. The number of ether oxygens (including phenoxy) is 2. The van der Waals surface area contributed by atoms with E-state index in [1.165, 1.54) is 13.2 Å². The molecule has 1 N–H and O–H groups in total. The van der Waals surface area contributed by atoms with Gasteiger partial charge in [0.1, 0.15) is 5.60 Å². The number of esters is 1. The van der Waals surface area contributed by atoms with Gasteiger partial charge in [-0.05, 0) is 33.8 Å². The van der Waals surface area contributed by atoms with Crippen molar-refractivity contribution in [3.63, 3.8) is 0 Å². The number of nitrogens with one attached hydrogen (secondary N) is 1. The monoisotopic (exact) mass is 300 g/mol. The van der Waals surface area contributed by atoms with Crippen LogP contribution < -0.4 is 5.32 Å². The molecule has 0 unspecified atom stereocenters. The predicted molar refractivity (Wildman–Crippen MR) is 75.2 cm³/mol. The first kappa shape index (κ1) is 16.2. The van der Waals surface area contributed by atoms with Gasteiger partial charge in [-0.2, -0.15) is 0 Å². The third-order valence-corrected chi connectivity index (χ3v) is 2.41. The van der Waals surface area contributed by atoms with Crippen LogP contribution in [-0.4, -0.2) is 29.8 Å². The molecule has 0 aromatic carbocycles. The number of pyridine rings is 1. The molecule has 0 aliphatic heterocycles. The van der Waals surface area contributed by atoms with E-state index in [0.717, 1.165) is 0 Å². The fraction of sp³-hybridized carbons (Fsp3) is 0.462. The highest BCUT2D eigenvalue weighted by Gasteiger charge is 2.22. The molecule has 110 valence electrons. The molecule has 0 atom stereocenters. The minimum atomic E-state index is -0.727. The summed E-state index contributed by atoms with van der Waals surface area (Å²) in [7, 11) is 1.24. The van der Waals surface area contributed by atoms with Gasteiger partial charge in [0.05, 0.1) is 18.4 Å². The van der Waals surface area contributed by atoms with Crippen LogP contribution in [0.2, 0.25) is 5.15 Å². The number of nitrogens with zero attached hydrogens (tertiary/aromatic N) is 1. The van der Waals surface area contributed by atoms with E-state index in [1.54, 1.807) is 27.7 Å². The zero-order valence-electron chi connectivity index (χ0n) is 12.0. The van der Waals surface area contributed by atoms with Gasteiger partial charge < -0.3 is 9.47 Å². The molecule has 0 bridgehead atoms. The van der Waals surface area contributed by atoms with Crippen LogP contribution in [0.4, 0.5) is 10.5 Å². The minimum absolute atomic E-state index is 0.00346. The van der Waals surface area contributed by atoms with E-state index in [1.807, 2.05) is 0 Å². The lowest BCUT2D eigenvalue weighted by Crippen LogP contribution is -2.28. The highest BCUT2D eigenvalue weighted by atomic mass is 35.5. The van der Waals surface area contributed by atoms with Crippen LogP contribution in [0.5, 0.6) is 0 Å². The molecular weight excluding hydrogens is 284 g/mol. The van der Waals surface area contributed by atoms with Gasteiger partial charge in [-0.25, -0.2) is 14.6 Å². The van der Waals surface area contributed by atoms with Crippen LogP contribution in [0.25, 0.3) is 0 Å². The Bertz CT molecular complexity index is 538. The number of aryl methyl sites for hydroxylation is 1. The molecule has 20 heavy (non-hydrogen) atoms. The van der Waals surface area contributed by atoms with Crippen LogP contribution in [0.3, 0.4) is 0 Å². The highest BCUT2D eigenvalue weighted by molar-refractivity contribution is 6.33. The molecule has 0 fully saturated rings. The van der Waals surface area contributed by atoms with E-state index < -0.39 is 17.7 Å². The van der Waals surface area contributed by atoms with E-state index in [2.05, 4.69) is 15.0 Å². The summed E-state index contributed by atoms with van der Waals surface area (Å²) >= 11 is 5.96. The fourth-order valence-corrected chi connectivity index (χ4v) is 1.71. The van der Waals surface area contributed by atoms with Crippen LogP contribution in [0.15, 0.2) is 6.07 Å². The van der Waals surface area contributed by atoms with Gasteiger partial charge in [0.15, 0.2) is 5.15 Å². The molecule has 1 aromatic rings.